The Hall–Kier alpha value is -1.45. The molecular formula is C14H23N3O. The highest BCUT2D eigenvalue weighted by molar-refractivity contribution is 5.94. The average molecular weight is 249 g/mol. The number of rotatable bonds is 3. The molecule has 0 spiro atoms. The second-order valence-electron chi connectivity index (χ2n) is 5.45. The van der Waals surface area contributed by atoms with E-state index in [0.29, 0.717) is 16.8 Å². The number of anilines is 1. The minimum Gasteiger partial charge on any atom is -0.397 e. The number of carbonyl (C=O) groups is 1. The molecule has 2 rings (SSSR count). The van der Waals surface area contributed by atoms with Crippen LogP contribution >= 0.6 is 0 Å². The maximum absolute atomic E-state index is 12.5. The molecule has 0 atom stereocenters. The molecule has 1 aromatic rings. The monoisotopic (exact) mass is 249 g/mol. The first-order chi connectivity index (χ1) is 8.51. The van der Waals surface area contributed by atoms with Gasteiger partial charge in [-0.15, -0.1) is 0 Å². The minimum atomic E-state index is 0.109. The summed E-state index contributed by atoms with van der Waals surface area (Å²) in [6.07, 6.45) is 5.19. The van der Waals surface area contributed by atoms with Crippen LogP contribution < -0.4 is 5.73 Å². The van der Waals surface area contributed by atoms with Crippen LogP contribution in [0.4, 0.5) is 5.69 Å². The van der Waals surface area contributed by atoms with Gasteiger partial charge >= 0.3 is 0 Å². The van der Waals surface area contributed by atoms with Crippen molar-refractivity contribution in [1.82, 2.24) is 9.47 Å². The Bertz CT molecular complexity index is 446. The molecule has 4 heteroatoms. The topological polar surface area (TPSA) is 51.3 Å². The van der Waals surface area contributed by atoms with E-state index in [-0.39, 0.29) is 5.91 Å². The van der Waals surface area contributed by atoms with Crippen molar-refractivity contribution in [3.8, 4) is 0 Å². The van der Waals surface area contributed by atoms with E-state index in [1.807, 2.05) is 16.5 Å². The number of hydrogen-bond acceptors (Lipinski definition) is 2. The number of likely N-dealkylation sites (tertiary alicyclic amines) is 1. The zero-order valence-electron chi connectivity index (χ0n) is 11.6. The van der Waals surface area contributed by atoms with Crippen LogP contribution in [0.3, 0.4) is 0 Å². The SMILES string of the molecule is CCC1(CC)CCN(C(=O)c2cc(N)cn2C)C1. The Morgan fingerprint density at radius 2 is 2.11 bits per heavy atom. The fourth-order valence-electron chi connectivity index (χ4n) is 2.90. The summed E-state index contributed by atoms with van der Waals surface area (Å²) in [4.78, 5) is 14.4. The predicted molar refractivity (Wildman–Crippen MR) is 73.4 cm³/mol. The molecule has 0 unspecified atom stereocenters. The molecule has 1 aliphatic heterocycles. The molecule has 4 nitrogen and oxygen atoms in total. The summed E-state index contributed by atoms with van der Waals surface area (Å²) >= 11 is 0. The zero-order chi connectivity index (χ0) is 13.3. The molecule has 2 heterocycles. The standard InChI is InChI=1S/C14H23N3O/c1-4-14(5-2)6-7-17(10-14)13(18)12-8-11(15)9-16(12)3/h8-9H,4-7,10,15H2,1-3H3. The van der Waals surface area contributed by atoms with Gasteiger partial charge in [-0.2, -0.15) is 0 Å². The van der Waals surface area contributed by atoms with Gasteiger partial charge in [-0.25, -0.2) is 0 Å². The molecule has 0 saturated carbocycles. The number of nitrogen functional groups attached to an aromatic ring is 1. The van der Waals surface area contributed by atoms with E-state index >= 15 is 0 Å². The van der Waals surface area contributed by atoms with Crippen molar-refractivity contribution in [3.63, 3.8) is 0 Å². The van der Waals surface area contributed by atoms with Crippen molar-refractivity contribution in [1.29, 1.82) is 0 Å². The van der Waals surface area contributed by atoms with Crippen molar-refractivity contribution < 1.29 is 4.79 Å². The normalized spacial score (nSPS) is 18.3. The van der Waals surface area contributed by atoms with Gasteiger partial charge in [0.15, 0.2) is 0 Å². The van der Waals surface area contributed by atoms with Crippen LogP contribution in [0, 0.1) is 5.41 Å². The number of aromatic nitrogens is 1. The minimum absolute atomic E-state index is 0.109. The van der Waals surface area contributed by atoms with Crippen LogP contribution in [0.1, 0.15) is 43.6 Å². The highest BCUT2D eigenvalue weighted by atomic mass is 16.2. The second kappa shape index (κ2) is 4.67. The van der Waals surface area contributed by atoms with Crippen molar-refractivity contribution >= 4 is 11.6 Å². The lowest BCUT2D eigenvalue weighted by Gasteiger charge is -2.26. The smallest absolute Gasteiger partial charge is 0.270 e. The van der Waals surface area contributed by atoms with Crippen LogP contribution in [0.2, 0.25) is 0 Å². The quantitative estimate of drug-likeness (QED) is 0.893. The van der Waals surface area contributed by atoms with Crippen LogP contribution in [0.25, 0.3) is 0 Å². The fourth-order valence-corrected chi connectivity index (χ4v) is 2.90. The summed E-state index contributed by atoms with van der Waals surface area (Å²) in [6.45, 7) is 6.19. The van der Waals surface area contributed by atoms with Gasteiger partial charge in [0, 0.05) is 26.3 Å². The zero-order valence-corrected chi connectivity index (χ0v) is 11.6. The van der Waals surface area contributed by atoms with Crippen LogP contribution in [0.15, 0.2) is 12.3 Å². The van der Waals surface area contributed by atoms with Gasteiger partial charge in [0.25, 0.3) is 5.91 Å². The summed E-state index contributed by atoms with van der Waals surface area (Å²) in [6, 6.07) is 1.76. The van der Waals surface area contributed by atoms with Crippen molar-refractivity contribution in [2.75, 3.05) is 18.8 Å². The maximum atomic E-state index is 12.5. The molecule has 0 bridgehead atoms. The van der Waals surface area contributed by atoms with Gasteiger partial charge in [0.05, 0.1) is 5.69 Å². The molecule has 0 aliphatic carbocycles. The highest BCUT2D eigenvalue weighted by Gasteiger charge is 2.37. The summed E-state index contributed by atoms with van der Waals surface area (Å²) in [7, 11) is 1.87. The van der Waals surface area contributed by atoms with Gasteiger partial charge in [-0.3, -0.25) is 4.79 Å². The fraction of sp³-hybridized carbons (Fsp3) is 0.643. The summed E-state index contributed by atoms with van der Waals surface area (Å²) in [5.41, 5.74) is 7.40. The Balaban J connectivity index is 2.15. The molecule has 1 aliphatic rings. The molecule has 1 amide bonds. The summed E-state index contributed by atoms with van der Waals surface area (Å²) in [5.74, 6) is 0.109. The third kappa shape index (κ3) is 2.11. The Morgan fingerprint density at radius 3 is 2.56 bits per heavy atom. The average Bonchev–Trinajstić information content (AvgIpc) is 2.93. The first-order valence-corrected chi connectivity index (χ1v) is 6.72. The first-order valence-electron chi connectivity index (χ1n) is 6.72. The molecule has 2 N–H and O–H groups in total. The number of hydrogen-bond donors (Lipinski definition) is 1. The van der Waals surface area contributed by atoms with Crippen molar-refractivity contribution in [3.05, 3.63) is 18.0 Å². The largest absolute Gasteiger partial charge is 0.397 e. The Kier molecular flexibility index (Phi) is 3.37. The predicted octanol–water partition coefficient (Wildman–Crippen LogP) is 2.26. The lowest BCUT2D eigenvalue weighted by Crippen LogP contribution is -2.32. The summed E-state index contributed by atoms with van der Waals surface area (Å²) < 4.78 is 1.82. The molecule has 1 saturated heterocycles. The highest BCUT2D eigenvalue weighted by Crippen LogP contribution is 2.37. The molecule has 0 aromatic carbocycles. The number of nitrogens with two attached hydrogens (primary N) is 1. The number of carbonyl (C=O) groups excluding carboxylic acids is 1. The third-order valence-corrected chi connectivity index (χ3v) is 4.47. The van der Waals surface area contributed by atoms with Gasteiger partial charge in [0.1, 0.15) is 5.69 Å². The van der Waals surface area contributed by atoms with Gasteiger partial charge < -0.3 is 15.2 Å². The molecule has 100 valence electrons. The van der Waals surface area contributed by atoms with Crippen LogP contribution in [0.5, 0.6) is 0 Å². The van der Waals surface area contributed by atoms with E-state index in [0.717, 1.165) is 32.4 Å². The number of amides is 1. The maximum Gasteiger partial charge on any atom is 0.270 e. The molecule has 1 fully saturated rings. The van der Waals surface area contributed by atoms with Crippen molar-refractivity contribution in [2.45, 2.75) is 33.1 Å². The first kappa shape index (κ1) is 13.0. The lowest BCUT2D eigenvalue weighted by molar-refractivity contribution is 0.0760. The second-order valence-corrected chi connectivity index (χ2v) is 5.45. The molecule has 1 aromatic heterocycles. The van der Waals surface area contributed by atoms with Crippen LogP contribution in [-0.4, -0.2) is 28.5 Å². The van der Waals surface area contributed by atoms with Gasteiger partial charge in [-0.05, 0) is 30.7 Å². The van der Waals surface area contributed by atoms with E-state index in [9.17, 15) is 4.79 Å². The lowest BCUT2D eigenvalue weighted by atomic mass is 9.82. The van der Waals surface area contributed by atoms with E-state index in [1.165, 1.54) is 0 Å². The van der Waals surface area contributed by atoms with E-state index < -0.39 is 0 Å². The van der Waals surface area contributed by atoms with Gasteiger partial charge in [0.2, 0.25) is 0 Å². The van der Waals surface area contributed by atoms with Gasteiger partial charge in [-0.1, -0.05) is 13.8 Å². The number of nitrogens with zero attached hydrogens (tertiary/aromatic N) is 2. The molecule has 0 radical (unpaired) electrons. The van der Waals surface area contributed by atoms with E-state index in [4.69, 9.17) is 5.73 Å². The van der Waals surface area contributed by atoms with Crippen LogP contribution in [-0.2, 0) is 7.05 Å². The molecule has 18 heavy (non-hydrogen) atoms. The third-order valence-electron chi connectivity index (χ3n) is 4.47. The van der Waals surface area contributed by atoms with E-state index in [1.54, 1.807) is 12.3 Å². The van der Waals surface area contributed by atoms with Crippen molar-refractivity contribution in [2.24, 2.45) is 12.5 Å². The Labute approximate surface area is 109 Å². The Morgan fingerprint density at radius 1 is 1.44 bits per heavy atom. The summed E-state index contributed by atoms with van der Waals surface area (Å²) in [5, 5.41) is 0. The number of aryl methyl sites for hydroxylation is 1. The van der Waals surface area contributed by atoms with E-state index in [2.05, 4.69) is 13.8 Å². The molecular weight excluding hydrogens is 226 g/mol.